The number of thiol groups is 1. The first kappa shape index (κ1) is 16.9. The summed E-state index contributed by atoms with van der Waals surface area (Å²) >= 11 is 6.47. The molecule has 0 radical (unpaired) electrons. The summed E-state index contributed by atoms with van der Waals surface area (Å²) in [4.78, 5) is 0. The molecule has 2 aromatic carbocycles. The molecule has 2 aromatic rings. The van der Waals surface area contributed by atoms with Crippen LogP contribution >= 0.6 is 24.4 Å². The Labute approximate surface area is 148 Å². The summed E-state index contributed by atoms with van der Waals surface area (Å²) in [6, 6.07) is 20.6. The Morgan fingerprint density at radius 3 is 2.17 bits per heavy atom. The lowest BCUT2D eigenvalue weighted by Gasteiger charge is -2.19. The zero-order valence-corrected chi connectivity index (χ0v) is 14.7. The molecule has 1 aliphatic heterocycles. The molecule has 122 valence electrons. The van der Waals surface area contributed by atoms with Crippen molar-refractivity contribution in [2.75, 3.05) is 6.61 Å². The predicted molar refractivity (Wildman–Crippen MR) is 99.9 cm³/mol. The molecular weight excluding hydrogens is 324 g/mol. The third-order valence-electron chi connectivity index (χ3n) is 3.88. The van der Waals surface area contributed by atoms with Crippen LogP contribution in [-0.4, -0.2) is 22.5 Å². The summed E-state index contributed by atoms with van der Waals surface area (Å²) in [5.41, 5.74) is 2.42. The topological polar surface area (TPSA) is 18.5 Å². The second-order valence-electron chi connectivity index (χ2n) is 5.70. The van der Waals surface area contributed by atoms with Gasteiger partial charge in [0.05, 0.1) is 35.8 Å². The lowest BCUT2D eigenvalue weighted by atomic mass is 10.2. The van der Waals surface area contributed by atoms with E-state index in [0.717, 1.165) is 6.42 Å². The van der Waals surface area contributed by atoms with Crippen molar-refractivity contribution in [3.8, 4) is 0 Å². The van der Waals surface area contributed by atoms with E-state index in [9.17, 15) is 0 Å². The smallest absolute Gasteiger partial charge is 0.0739 e. The number of thioether (sulfide) groups is 1. The molecular formula is C19H22O2S2. The molecule has 0 aliphatic carbocycles. The van der Waals surface area contributed by atoms with Crippen molar-refractivity contribution >= 4 is 24.4 Å². The molecule has 2 nitrogen and oxygen atoms in total. The fourth-order valence-electron chi connectivity index (χ4n) is 2.66. The van der Waals surface area contributed by atoms with Gasteiger partial charge in [0, 0.05) is 0 Å². The lowest BCUT2D eigenvalue weighted by molar-refractivity contribution is 0.0168. The minimum atomic E-state index is 0.207. The molecule has 1 aliphatic rings. The fraction of sp³-hybridized carbons (Fsp3) is 0.368. The zero-order valence-electron chi connectivity index (χ0n) is 13.0. The molecule has 4 heteroatoms. The fourth-order valence-corrected chi connectivity index (χ4v) is 4.58. The summed E-state index contributed by atoms with van der Waals surface area (Å²) in [6.45, 7) is 2.01. The van der Waals surface area contributed by atoms with E-state index >= 15 is 0 Å². The quantitative estimate of drug-likeness (QED) is 0.742. The Morgan fingerprint density at radius 1 is 0.913 bits per heavy atom. The van der Waals surface area contributed by atoms with Gasteiger partial charge in [-0.15, -0.1) is 11.8 Å². The number of benzene rings is 2. The second-order valence-corrected chi connectivity index (χ2v) is 8.12. The number of hydrogen-bond acceptors (Lipinski definition) is 4. The van der Waals surface area contributed by atoms with Crippen molar-refractivity contribution in [1.29, 1.82) is 0 Å². The van der Waals surface area contributed by atoms with Gasteiger partial charge >= 0.3 is 0 Å². The highest BCUT2D eigenvalue weighted by molar-refractivity contribution is 8.11. The molecule has 1 fully saturated rings. The van der Waals surface area contributed by atoms with E-state index in [0.29, 0.717) is 29.7 Å². The van der Waals surface area contributed by atoms with Gasteiger partial charge in [0.15, 0.2) is 0 Å². The largest absolute Gasteiger partial charge is 0.376 e. The molecule has 3 atom stereocenters. The maximum atomic E-state index is 6.13. The average Bonchev–Trinajstić information content (AvgIpc) is 2.95. The van der Waals surface area contributed by atoms with Gasteiger partial charge in [0.1, 0.15) is 0 Å². The van der Waals surface area contributed by atoms with Gasteiger partial charge in [0.2, 0.25) is 0 Å². The molecule has 1 saturated heterocycles. The summed E-state index contributed by atoms with van der Waals surface area (Å²) in [5, 5.41) is 0.352. The first-order valence-corrected chi connectivity index (χ1v) is 9.38. The maximum Gasteiger partial charge on any atom is 0.0739 e. The summed E-state index contributed by atoms with van der Waals surface area (Å²) in [7, 11) is 0. The number of rotatable bonds is 7. The molecule has 3 rings (SSSR count). The standard InChI is InChI=1S/C19H22O2S2/c22-19-11-17(21-13-16-9-5-2-6-10-16)18(23-19)14-20-12-15-7-3-1-4-8-15/h1-10,17-19,22H,11-14H2/t17-,18+,19?/m0/s1. The van der Waals surface area contributed by atoms with Gasteiger partial charge in [-0.1, -0.05) is 60.7 Å². The molecule has 1 heterocycles. The Bertz CT molecular complexity index is 576. The Balaban J connectivity index is 1.47. The van der Waals surface area contributed by atoms with Crippen LogP contribution in [0, 0.1) is 0 Å². The first-order valence-electron chi connectivity index (χ1n) is 7.92. The van der Waals surface area contributed by atoms with Crippen LogP contribution in [0.2, 0.25) is 0 Å². The van der Waals surface area contributed by atoms with Crippen LogP contribution in [0.4, 0.5) is 0 Å². The highest BCUT2D eigenvalue weighted by Gasteiger charge is 2.34. The Morgan fingerprint density at radius 2 is 1.52 bits per heavy atom. The summed E-state index contributed by atoms with van der Waals surface area (Å²) in [5.74, 6) is 0. The van der Waals surface area contributed by atoms with Gasteiger partial charge in [-0.3, -0.25) is 0 Å². The molecule has 0 spiro atoms. The zero-order chi connectivity index (χ0) is 15.9. The van der Waals surface area contributed by atoms with Crippen molar-refractivity contribution in [3.05, 3.63) is 71.8 Å². The van der Waals surface area contributed by atoms with Crippen molar-refractivity contribution < 1.29 is 9.47 Å². The number of ether oxygens (including phenoxy) is 2. The molecule has 0 amide bonds. The van der Waals surface area contributed by atoms with Crippen LogP contribution in [0.25, 0.3) is 0 Å². The van der Waals surface area contributed by atoms with E-state index in [-0.39, 0.29) is 6.10 Å². The van der Waals surface area contributed by atoms with E-state index < -0.39 is 0 Å². The molecule has 0 bridgehead atoms. The van der Waals surface area contributed by atoms with Crippen LogP contribution < -0.4 is 0 Å². The van der Waals surface area contributed by atoms with E-state index in [2.05, 4.69) is 36.9 Å². The normalized spacial score (nSPS) is 24.0. The van der Waals surface area contributed by atoms with Crippen molar-refractivity contribution in [3.63, 3.8) is 0 Å². The SMILES string of the molecule is SC1C[C@H](OCc2ccccc2)[C@@H](COCc2ccccc2)S1. The summed E-state index contributed by atoms with van der Waals surface area (Å²) in [6.07, 6.45) is 1.18. The molecule has 0 N–H and O–H groups in total. The predicted octanol–water partition coefficient (Wildman–Crippen LogP) is 4.55. The van der Waals surface area contributed by atoms with Crippen LogP contribution in [0.1, 0.15) is 17.5 Å². The monoisotopic (exact) mass is 346 g/mol. The highest BCUT2D eigenvalue weighted by atomic mass is 32.2. The average molecular weight is 347 g/mol. The third kappa shape index (κ3) is 5.28. The molecule has 23 heavy (non-hydrogen) atoms. The molecule has 1 unspecified atom stereocenters. The van der Waals surface area contributed by atoms with Crippen molar-refractivity contribution in [1.82, 2.24) is 0 Å². The highest BCUT2D eigenvalue weighted by Crippen LogP contribution is 2.38. The minimum absolute atomic E-state index is 0.207. The lowest BCUT2D eigenvalue weighted by Crippen LogP contribution is -2.26. The van der Waals surface area contributed by atoms with Crippen molar-refractivity contribution in [2.45, 2.75) is 35.6 Å². The van der Waals surface area contributed by atoms with Gasteiger partial charge < -0.3 is 9.47 Å². The maximum absolute atomic E-state index is 6.13. The van der Waals surface area contributed by atoms with Gasteiger partial charge in [-0.05, 0) is 17.5 Å². The minimum Gasteiger partial charge on any atom is -0.376 e. The van der Waals surface area contributed by atoms with E-state index in [4.69, 9.17) is 9.47 Å². The van der Waals surface area contributed by atoms with E-state index in [1.54, 1.807) is 0 Å². The van der Waals surface area contributed by atoms with Crippen LogP contribution in [0.3, 0.4) is 0 Å². The van der Waals surface area contributed by atoms with E-state index in [1.807, 2.05) is 48.2 Å². The van der Waals surface area contributed by atoms with Crippen molar-refractivity contribution in [2.24, 2.45) is 0 Å². The summed E-state index contributed by atoms with van der Waals surface area (Å²) < 4.78 is 12.4. The second kappa shape index (κ2) is 8.78. The van der Waals surface area contributed by atoms with Crippen LogP contribution in [0.15, 0.2) is 60.7 Å². The Hall–Kier alpha value is -0.940. The van der Waals surface area contributed by atoms with Gasteiger partial charge in [0.25, 0.3) is 0 Å². The number of hydrogen-bond donors (Lipinski definition) is 1. The molecule has 0 saturated carbocycles. The van der Waals surface area contributed by atoms with Crippen LogP contribution in [-0.2, 0) is 22.7 Å². The first-order chi connectivity index (χ1) is 11.3. The van der Waals surface area contributed by atoms with Crippen LogP contribution in [0.5, 0.6) is 0 Å². The van der Waals surface area contributed by atoms with Gasteiger partial charge in [-0.25, -0.2) is 0 Å². The molecule has 0 aromatic heterocycles. The van der Waals surface area contributed by atoms with Gasteiger partial charge in [-0.2, -0.15) is 12.6 Å². The Kier molecular flexibility index (Phi) is 6.46. The van der Waals surface area contributed by atoms with E-state index in [1.165, 1.54) is 11.1 Å². The third-order valence-corrected chi connectivity index (χ3v) is 5.75.